The molecule has 0 radical (unpaired) electrons. The van der Waals surface area contributed by atoms with Crippen molar-refractivity contribution >= 4 is 11.0 Å². The molecule has 1 fully saturated rings. The minimum atomic E-state index is 0.412. The molecule has 0 amide bonds. The van der Waals surface area contributed by atoms with Crippen molar-refractivity contribution in [2.45, 2.75) is 38.6 Å². The van der Waals surface area contributed by atoms with Crippen LogP contribution < -0.4 is 0 Å². The van der Waals surface area contributed by atoms with Crippen LogP contribution in [-0.4, -0.2) is 27.5 Å². The number of rotatable bonds is 2. The zero-order valence-corrected chi connectivity index (χ0v) is 12.0. The van der Waals surface area contributed by atoms with Crippen LogP contribution in [0.3, 0.4) is 0 Å². The molecular formula is C16H23N3. The van der Waals surface area contributed by atoms with Gasteiger partial charge in [0, 0.05) is 7.05 Å². The standard InChI is InChI=1S/C16H23N3/c1-13(19-11-7-3-4-8-12-19)16-17-14-9-5-6-10-15(14)18(16)2/h5-6,9-10,13H,3-4,7-8,11-12H2,1-2H3/t13-/m1/s1. The zero-order valence-electron chi connectivity index (χ0n) is 12.0. The Hall–Kier alpha value is -1.35. The van der Waals surface area contributed by atoms with Crippen LogP contribution in [0.1, 0.15) is 44.5 Å². The molecule has 3 heteroatoms. The van der Waals surface area contributed by atoms with Crippen molar-refractivity contribution in [3.8, 4) is 0 Å². The van der Waals surface area contributed by atoms with E-state index in [1.807, 2.05) is 0 Å². The SMILES string of the molecule is C[C@H](c1nc2ccccc2n1C)N1CCCCCC1. The quantitative estimate of drug-likeness (QED) is 0.821. The summed E-state index contributed by atoms with van der Waals surface area (Å²) < 4.78 is 2.25. The smallest absolute Gasteiger partial charge is 0.126 e. The lowest BCUT2D eigenvalue weighted by atomic mass is 10.2. The maximum atomic E-state index is 4.84. The van der Waals surface area contributed by atoms with Gasteiger partial charge in [-0.05, 0) is 45.0 Å². The number of fused-ring (bicyclic) bond motifs is 1. The van der Waals surface area contributed by atoms with Gasteiger partial charge in [-0.1, -0.05) is 25.0 Å². The Balaban J connectivity index is 1.92. The molecule has 19 heavy (non-hydrogen) atoms. The molecule has 1 saturated heterocycles. The lowest BCUT2D eigenvalue weighted by Crippen LogP contribution is -2.29. The van der Waals surface area contributed by atoms with E-state index in [-0.39, 0.29) is 0 Å². The maximum absolute atomic E-state index is 4.84. The minimum absolute atomic E-state index is 0.412. The van der Waals surface area contributed by atoms with E-state index in [4.69, 9.17) is 4.98 Å². The average molecular weight is 257 g/mol. The zero-order chi connectivity index (χ0) is 13.2. The first-order valence-corrected chi connectivity index (χ1v) is 7.43. The molecule has 3 nitrogen and oxygen atoms in total. The molecule has 0 spiro atoms. The molecule has 1 aromatic heterocycles. The Morgan fingerprint density at radius 2 is 1.74 bits per heavy atom. The fraction of sp³-hybridized carbons (Fsp3) is 0.562. The van der Waals surface area contributed by atoms with Gasteiger partial charge in [0.2, 0.25) is 0 Å². The van der Waals surface area contributed by atoms with E-state index in [0.29, 0.717) is 6.04 Å². The number of nitrogens with zero attached hydrogens (tertiary/aromatic N) is 3. The molecule has 2 aromatic rings. The van der Waals surface area contributed by atoms with Gasteiger partial charge in [-0.15, -0.1) is 0 Å². The second-order valence-corrected chi connectivity index (χ2v) is 5.64. The monoisotopic (exact) mass is 257 g/mol. The number of aromatic nitrogens is 2. The molecule has 1 atom stereocenters. The van der Waals surface area contributed by atoms with E-state index in [1.165, 1.54) is 50.1 Å². The van der Waals surface area contributed by atoms with Crippen LogP contribution in [0.15, 0.2) is 24.3 Å². The highest BCUT2D eigenvalue weighted by molar-refractivity contribution is 5.75. The summed E-state index contributed by atoms with van der Waals surface area (Å²) >= 11 is 0. The van der Waals surface area contributed by atoms with Crippen molar-refractivity contribution in [2.75, 3.05) is 13.1 Å². The Kier molecular flexibility index (Phi) is 3.56. The van der Waals surface area contributed by atoms with Crippen molar-refractivity contribution in [1.29, 1.82) is 0 Å². The number of imidazole rings is 1. The first kappa shape index (κ1) is 12.7. The second-order valence-electron chi connectivity index (χ2n) is 5.64. The van der Waals surface area contributed by atoms with Crippen LogP contribution in [0.2, 0.25) is 0 Å². The van der Waals surface area contributed by atoms with E-state index < -0.39 is 0 Å². The fourth-order valence-corrected chi connectivity index (χ4v) is 3.18. The molecule has 2 heterocycles. The molecule has 0 bridgehead atoms. The lowest BCUT2D eigenvalue weighted by Gasteiger charge is -2.27. The number of hydrogen-bond acceptors (Lipinski definition) is 2. The third-order valence-corrected chi connectivity index (χ3v) is 4.38. The molecule has 1 aliphatic rings. The van der Waals surface area contributed by atoms with Gasteiger partial charge >= 0.3 is 0 Å². The Bertz CT molecular complexity index is 550. The molecule has 0 aliphatic carbocycles. The van der Waals surface area contributed by atoms with Crippen LogP contribution in [-0.2, 0) is 7.05 Å². The summed E-state index contributed by atoms with van der Waals surface area (Å²) in [4.78, 5) is 7.43. The van der Waals surface area contributed by atoms with Crippen molar-refractivity contribution in [2.24, 2.45) is 7.05 Å². The summed E-state index contributed by atoms with van der Waals surface area (Å²) in [6.45, 7) is 4.72. The summed E-state index contributed by atoms with van der Waals surface area (Å²) in [7, 11) is 2.14. The maximum Gasteiger partial charge on any atom is 0.126 e. The van der Waals surface area contributed by atoms with Crippen LogP contribution in [0.4, 0.5) is 0 Å². The Morgan fingerprint density at radius 1 is 1.05 bits per heavy atom. The average Bonchev–Trinajstić information content (AvgIpc) is 2.64. The fourth-order valence-electron chi connectivity index (χ4n) is 3.18. The molecule has 0 saturated carbocycles. The molecular weight excluding hydrogens is 234 g/mol. The van der Waals surface area contributed by atoms with Gasteiger partial charge in [0.15, 0.2) is 0 Å². The summed E-state index contributed by atoms with van der Waals surface area (Å²) in [5.74, 6) is 1.20. The second kappa shape index (κ2) is 5.33. The van der Waals surface area contributed by atoms with Crippen LogP contribution in [0.5, 0.6) is 0 Å². The van der Waals surface area contributed by atoms with E-state index in [2.05, 4.69) is 47.7 Å². The van der Waals surface area contributed by atoms with Crippen LogP contribution in [0.25, 0.3) is 11.0 Å². The number of hydrogen-bond donors (Lipinski definition) is 0. The van der Waals surface area contributed by atoms with Crippen molar-refractivity contribution in [3.05, 3.63) is 30.1 Å². The first-order chi connectivity index (χ1) is 9.27. The predicted octanol–water partition coefficient (Wildman–Crippen LogP) is 3.51. The van der Waals surface area contributed by atoms with E-state index >= 15 is 0 Å². The molecule has 1 aliphatic heterocycles. The van der Waals surface area contributed by atoms with Gasteiger partial charge in [-0.2, -0.15) is 0 Å². The van der Waals surface area contributed by atoms with Crippen molar-refractivity contribution in [3.63, 3.8) is 0 Å². The van der Waals surface area contributed by atoms with E-state index in [0.717, 1.165) is 5.52 Å². The predicted molar refractivity (Wildman–Crippen MR) is 79.2 cm³/mol. The van der Waals surface area contributed by atoms with Crippen molar-refractivity contribution < 1.29 is 0 Å². The number of benzene rings is 1. The molecule has 102 valence electrons. The van der Waals surface area contributed by atoms with Gasteiger partial charge in [0.25, 0.3) is 0 Å². The highest BCUT2D eigenvalue weighted by atomic mass is 15.2. The number of aryl methyl sites for hydroxylation is 1. The third-order valence-electron chi connectivity index (χ3n) is 4.38. The van der Waals surface area contributed by atoms with Crippen molar-refractivity contribution in [1.82, 2.24) is 14.5 Å². The van der Waals surface area contributed by atoms with E-state index in [1.54, 1.807) is 0 Å². The highest BCUT2D eigenvalue weighted by Gasteiger charge is 2.21. The lowest BCUT2D eigenvalue weighted by molar-refractivity contribution is 0.209. The van der Waals surface area contributed by atoms with Gasteiger partial charge < -0.3 is 4.57 Å². The Morgan fingerprint density at radius 3 is 2.42 bits per heavy atom. The van der Waals surface area contributed by atoms with Gasteiger partial charge in [-0.3, -0.25) is 4.90 Å². The summed E-state index contributed by atoms with van der Waals surface area (Å²) in [5, 5.41) is 0. The Labute approximate surface area is 115 Å². The number of likely N-dealkylation sites (tertiary alicyclic amines) is 1. The van der Waals surface area contributed by atoms with Crippen LogP contribution >= 0.6 is 0 Å². The summed E-state index contributed by atoms with van der Waals surface area (Å²) in [6.07, 6.45) is 5.42. The molecule has 1 aromatic carbocycles. The summed E-state index contributed by atoms with van der Waals surface area (Å²) in [6, 6.07) is 8.82. The molecule has 0 N–H and O–H groups in total. The van der Waals surface area contributed by atoms with Gasteiger partial charge in [0.1, 0.15) is 5.82 Å². The minimum Gasteiger partial charge on any atom is -0.330 e. The normalized spacial score (nSPS) is 19.5. The highest BCUT2D eigenvalue weighted by Crippen LogP contribution is 2.25. The molecule has 3 rings (SSSR count). The third kappa shape index (κ3) is 2.39. The molecule has 0 unspecified atom stereocenters. The number of para-hydroxylation sites is 2. The van der Waals surface area contributed by atoms with Crippen LogP contribution in [0, 0.1) is 0 Å². The van der Waals surface area contributed by atoms with Gasteiger partial charge in [0.05, 0.1) is 17.1 Å². The first-order valence-electron chi connectivity index (χ1n) is 7.43. The summed E-state index contributed by atoms with van der Waals surface area (Å²) in [5.41, 5.74) is 2.35. The van der Waals surface area contributed by atoms with E-state index in [9.17, 15) is 0 Å². The van der Waals surface area contributed by atoms with Gasteiger partial charge in [-0.25, -0.2) is 4.98 Å². The topological polar surface area (TPSA) is 21.1 Å². The largest absolute Gasteiger partial charge is 0.330 e.